The molecule has 3 rings (SSSR count). The lowest BCUT2D eigenvalue weighted by molar-refractivity contribution is -0.145. The van der Waals surface area contributed by atoms with E-state index in [9.17, 15) is 32.4 Å². The van der Waals surface area contributed by atoms with Gasteiger partial charge in [0.2, 0.25) is 17.6 Å². The van der Waals surface area contributed by atoms with Gasteiger partial charge in [-0.25, -0.2) is 4.79 Å². The Labute approximate surface area is 299 Å². The smallest absolute Gasteiger partial charge is 0.315 e. The minimum atomic E-state index is -3.67. The molecule has 0 aromatic carbocycles. The number of Topliss-reactive ketones (excluding diaryl/α,β-unsaturated/α-hetero) is 1. The monoisotopic (exact) mass is 723 g/mol. The van der Waals surface area contributed by atoms with E-state index in [-0.39, 0.29) is 36.8 Å². The van der Waals surface area contributed by atoms with Crippen LogP contribution in [0.25, 0.3) is 0 Å². The summed E-state index contributed by atoms with van der Waals surface area (Å²) < 4.78 is 28.7. The van der Waals surface area contributed by atoms with E-state index in [1.807, 2.05) is 62.3 Å². The number of likely N-dealkylation sites (tertiary alicyclic amines) is 1. The van der Waals surface area contributed by atoms with Gasteiger partial charge in [0.05, 0.1) is 6.04 Å². The number of nitrogens with zero attached hydrogens (tertiary/aromatic N) is 3. The summed E-state index contributed by atoms with van der Waals surface area (Å²) in [4.78, 5) is 69.3. The van der Waals surface area contributed by atoms with Crippen molar-refractivity contribution in [3.63, 3.8) is 0 Å². The van der Waals surface area contributed by atoms with Crippen LogP contribution in [-0.4, -0.2) is 115 Å². The molecule has 3 aliphatic rings. The SMILES string of the molecule is C=CCNC(=O)C(=O)C(CCCC)NC(=O)[C@@H]1[C@@H]2[C@H](CN1C(=O)[C@@H](NC(=O)N[C@H](CN1CCCN(C)S1(=O)=O)C(C)(C)C)C(C)(C)C)C2(C)C. The predicted octanol–water partition coefficient (Wildman–Crippen LogP) is 2.03. The second-order valence-electron chi connectivity index (χ2n) is 16.8. The van der Waals surface area contributed by atoms with Crippen molar-refractivity contribution in [1.29, 1.82) is 0 Å². The lowest BCUT2D eigenvalue weighted by atomic mass is 9.85. The molecule has 0 spiro atoms. The first-order chi connectivity index (χ1) is 23.0. The molecular formula is C35H61N7O7S. The largest absolute Gasteiger partial charge is 0.346 e. The molecular weight excluding hydrogens is 662 g/mol. The summed E-state index contributed by atoms with van der Waals surface area (Å²) in [6.07, 6.45) is 3.76. The second kappa shape index (κ2) is 15.7. The van der Waals surface area contributed by atoms with E-state index in [1.54, 1.807) is 0 Å². The molecule has 2 saturated heterocycles. The maximum Gasteiger partial charge on any atom is 0.315 e. The van der Waals surface area contributed by atoms with Crippen molar-refractivity contribution in [2.75, 3.05) is 39.8 Å². The molecule has 0 radical (unpaired) electrons. The average Bonchev–Trinajstić information content (AvgIpc) is 3.32. The normalized spacial score (nSPS) is 25.0. The van der Waals surface area contributed by atoms with Gasteiger partial charge in [-0.1, -0.05) is 81.2 Å². The van der Waals surface area contributed by atoms with Crippen LogP contribution >= 0.6 is 0 Å². The van der Waals surface area contributed by atoms with Crippen LogP contribution in [-0.2, 0) is 29.4 Å². The number of carbonyl (C=O) groups excluding carboxylic acids is 5. The highest BCUT2D eigenvalue weighted by Gasteiger charge is 2.70. The van der Waals surface area contributed by atoms with E-state index in [0.29, 0.717) is 32.5 Å². The van der Waals surface area contributed by atoms with Crippen LogP contribution < -0.4 is 21.3 Å². The number of rotatable bonds is 14. The van der Waals surface area contributed by atoms with E-state index in [2.05, 4.69) is 27.8 Å². The van der Waals surface area contributed by atoms with Crippen molar-refractivity contribution < 1.29 is 32.4 Å². The molecule has 1 saturated carbocycles. The summed E-state index contributed by atoms with van der Waals surface area (Å²) in [6, 6.07) is -4.19. The Morgan fingerprint density at radius 2 is 1.62 bits per heavy atom. The van der Waals surface area contributed by atoms with Gasteiger partial charge < -0.3 is 26.2 Å². The number of carbonyl (C=O) groups is 5. The standard InChI is InChI=1S/C35H61N7O7S/c1-12-14-16-23(27(43)30(45)36-17-13-2)37-29(44)26-25-22(35(25,9)10)20-42(26)31(46)28(34(6,7)8)39-32(47)38-24(33(3,4)5)21-41-19-15-18-40(11)50(41,48)49/h13,22-26,28H,2,12,14-21H2,1,3-11H3,(H,36,45)(H,37,44)(H2,38,39,47)/t22-,23?,24+,25-,26-,28+/m0/s1. The van der Waals surface area contributed by atoms with Gasteiger partial charge in [-0.15, -0.1) is 6.58 Å². The average molecular weight is 724 g/mol. The van der Waals surface area contributed by atoms with E-state index in [4.69, 9.17) is 0 Å². The van der Waals surface area contributed by atoms with E-state index >= 15 is 0 Å². The van der Waals surface area contributed by atoms with Gasteiger partial charge in [0.15, 0.2) is 0 Å². The molecule has 1 aliphatic carbocycles. The minimum Gasteiger partial charge on any atom is -0.346 e. The van der Waals surface area contributed by atoms with Crippen LogP contribution in [0, 0.1) is 28.1 Å². The van der Waals surface area contributed by atoms with Crippen LogP contribution in [0.5, 0.6) is 0 Å². The van der Waals surface area contributed by atoms with Crippen molar-refractivity contribution in [1.82, 2.24) is 34.8 Å². The number of hydrogen-bond acceptors (Lipinski definition) is 7. The quantitative estimate of drug-likeness (QED) is 0.157. The predicted molar refractivity (Wildman–Crippen MR) is 192 cm³/mol. The molecule has 15 heteroatoms. The summed E-state index contributed by atoms with van der Waals surface area (Å²) in [5, 5.41) is 11.1. The molecule has 14 nitrogen and oxygen atoms in total. The minimum absolute atomic E-state index is 0.0484. The van der Waals surface area contributed by atoms with Gasteiger partial charge in [-0.3, -0.25) is 19.2 Å². The maximum atomic E-state index is 14.4. The fourth-order valence-electron chi connectivity index (χ4n) is 7.13. The van der Waals surface area contributed by atoms with Crippen molar-refractivity contribution >= 4 is 39.7 Å². The molecule has 1 unspecified atom stereocenters. The summed E-state index contributed by atoms with van der Waals surface area (Å²) in [5.74, 6) is -2.60. The number of piperidine rings is 1. The molecule has 0 aromatic rings. The summed E-state index contributed by atoms with van der Waals surface area (Å²) in [6.45, 7) is 22.1. The first-order valence-corrected chi connectivity index (χ1v) is 19.2. The van der Waals surface area contributed by atoms with Crippen molar-refractivity contribution in [2.45, 2.75) is 112 Å². The Morgan fingerprint density at radius 1 is 0.980 bits per heavy atom. The third-order valence-corrected chi connectivity index (χ3v) is 12.6. The highest BCUT2D eigenvalue weighted by atomic mass is 32.2. The Hall–Kier alpha value is -3.04. The van der Waals surface area contributed by atoms with Crippen LogP contribution in [0.1, 0.15) is 88.0 Å². The zero-order valence-electron chi connectivity index (χ0n) is 31.7. The zero-order valence-corrected chi connectivity index (χ0v) is 32.5. The molecule has 0 bridgehead atoms. The molecule has 3 fully saturated rings. The number of ketones is 1. The molecule has 2 heterocycles. The van der Waals surface area contributed by atoms with Gasteiger partial charge >= 0.3 is 6.03 Å². The molecule has 6 atom stereocenters. The highest BCUT2D eigenvalue weighted by Crippen LogP contribution is 2.65. The molecule has 2 aliphatic heterocycles. The van der Waals surface area contributed by atoms with E-state index in [1.165, 1.54) is 26.6 Å². The first-order valence-electron chi connectivity index (χ1n) is 17.8. The number of fused-ring (bicyclic) bond motifs is 1. The summed E-state index contributed by atoms with van der Waals surface area (Å²) >= 11 is 0. The topological polar surface area (TPSA) is 177 Å². The fraction of sp³-hybridized carbons (Fsp3) is 0.800. The maximum absolute atomic E-state index is 14.4. The van der Waals surface area contributed by atoms with Crippen LogP contribution in [0.4, 0.5) is 4.79 Å². The Bertz CT molecular complexity index is 1420. The number of urea groups is 1. The molecule has 5 amide bonds. The van der Waals surface area contributed by atoms with Crippen LogP contribution in [0.2, 0.25) is 0 Å². The summed E-state index contributed by atoms with van der Waals surface area (Å²) in [7, 11) is -2.13. The van der Waals surface area contributed by atoms with Crippen molar-refractivity contribution in [3.05, 3.63) is 12.7 Å². The number of amides is 5. The van der Waals surface area contributed by atoms with Gasteiger partial charge in [-0.2, -0.15) is 17.0 Å². The van der Waals surface area contributed by atoms with Crippen molar-refractivity contribution in [3.8, 4) is 0 Å². The summed E-state index contributed by atoms with van der Waals surface area (Å²) in [5.41, 5.74) is -1.51. The fourth-order valence-corrected chi connectivity index (χ4v) is 8.58. The Morgan fingerprint density at radius 3 is 2.18 bits per heavy atom. The Kier molecular flexibility index (Phi) is 13.0. The second-order valence-corrected chi connectivity index (χ2v) is 18.9. The molecule has 284 valence electrons. The lowest BCUT2D eigenvalue weighted by Gasteiger charge is -2.40. The number of hydrogen-bond donors (Lipinski definition) is 4. The van der Waals surface area contributed by atoms with Gasteiger partial charge in [0.25, 0.3) is 16.1 Å². The number of unbranched alkanes of at least 4 members (excludes halogenated alkanes) is 1. The highest BCUT2D eigenvalue weighted by molar-refractivity contribution is 7.86. The third kappa shape index (κ3) is 9.24. The molecule has 0 aromatic heterocycles. The Balaban J connectivity index is 1.83. The number of nitrogens with one attached hydrogen (secondary N) is 4. The molecule has 4 N–H and O–H groups in total. The zero-order chi connectivity index (χ0) is 38.0. The van der Waals surface area contributed by atoms with Gasteiger partial charge in [0, 0.05) is 45.8 Å². The van der Waals surface area contributed by atoms with E-state index in [0.717, 1.165) is 6.42 Å². The van der Waals surface area contributed by atoms with Crippen LogP contribution in [0.3, 0.4) is 0 Å². The molecule has 50 heavy (non-hydrogen) atoms. The van der Waals surface area contributed by atoms with Gasteiger partial charge in [0.1, 0.15) is 12.1 Å². The van der Waals surface area contributed by atoms with E-state index < -0.39 is 74.7 Å². The van der Waals surface area contributed by atoms with Crippen LogP contribution in [0.15, 0.2) is 12.7 Å². The lowest BCUT2D eigenvalue weighted by Crippen LogP contribution is -2.63. The third-order valence-electron chi connectivity index (χ3n) is 10.6. The van der Waals surface area contributed by atoms with Crippen molar-refractivity contribution in [2.24, 2.45) is 28.1 Å². The first kappa shape index (κ1) is 41.4. The van der Waals surface area contributed by atoms with Gasteiger partial charge in [-0.05, 0) is 40.9 Å².